The van der Waals surface area contributed by atoms with Gasteiger partial charge in [0.2, 0.25) is 18.6 Å². The molecular weight excluding hydrogens is 408 g/mol. The van der Waals surface area contributed by atoms with Gasteiger partial charge in [0.25, 0.3) is 0 Å². The molecule has 0 bridgehead atoms. The summed E-state index contributed by atoms with van der Waals surface area (Å²) in [4.78, 5) is 19.9. The normalized spacial score (nSPS) is 16.0. The number of anilines is 1. The summed E-state index contributed by atoms with van der Waals surface area (Å²) < 4.78 is 18.3. The first kappa shape index (κ1) is 20.6. The summed E-state index contributed by atoms with van der Waals surface area (Å²) >= 11 is 0. The van der Waals surface area contributed by atoms with Crippen molar-refractivity contribution in [1.29, 1.82) is 0 Å². The zero-order chi connectivity index (χ0) is 21.9. The molecule has 168 valence electrons. The Balaban J connectivity index is 1.20. The van der Waals surface area contributed by atoms with Crippen LogP contribution in [0, 0.1) is 5.92 Å². The van der Waals surface area contributed by atoms with Gasteiger partial charge in [0.05, 0.1) is 17.6 Å². The highest BCUT2D eigenvalue weighted by Crippen LogP contribution is 2.32. The van der Waals surface area contributed by atoms with Crippen LogP contribution in [0.25, 0.3) is 11.0 Å². The second-order valence-corrected chi connectivity index (χ2v) is 8.21. The van der Waals surface area contributed by atoms with Crippen molar-refractivity contribution in [3.63, 3.8) is 0 Å². The summed E-state index contributed by atoms with van der Waals surface area (Å²) in [6, 6.07) is 14.0. The van der Waals surface area contributed by atoms with Crippen molar-refractivity contribution in [2.75, 3.05) is 38.5 Å². The Morgan fingerprint density at radius 1 is 1.16 bits per heavy atom. The predicted molar refractivity (Wildman–Crippen MR) is 121 cm³/mol. The highest BCUT2D eigenvalue weighted by atomic mass is 16.7. The van der Waals surface area contributed by atoms with Crippen molar-refractivity contribution in [1.82, 2.24) is 14.9 Å². The molecule has 0 aliphatic carbocycles. The fraction of sp³-hybridized carbons (Fsp3) is 0.417. The fourth-order valence-corrected chi connectivity index (χ4v) is 4.43. The van der Waals surface area contributed by atoms with Crippen molar-refractivity contribution in [2.24, 2.45) is 5.92 Å². The maximum absolute atomic E-state index is 12.8. The number of benzene rings is 2. The Kier molecular flexibility index (Phi) is 5.85. The SMILES string of the molecule is COCCn1c(N2CCC(C(=O)NCc3ccc4c(c3)OCO4)CC2)nc2ccccc21. The lowest BCUT2D eigenvalue weighted by atomic mass is 9.96. The zero-order valence-electron chi connectivity index (χ0n) is 18.3. The third kappa shape index (κ3) is 4.10. The van der Waals surface area contributed by atoms with Gasteiger partial charge in [0.15, 0.2) is 11.5 Å². The summed E-state index contributed by atoms with van der Waals surface area (Å²) in [5.74, 6) is 2.57. The summed E-state index contributed by atoms with van der Waals surface area (Å²) in [6.45, 7) is 3.73. The molecule has 2 aliphatic rings. The summed E-state index contributed by atoms with van der Waals surface area (Å²) in [6.07, 6.45) is 1.61. The Morgan fingerprint density at radius 3 is 2.81 bits per heavy atom. The summed E-state index contributed by atoms with van der Waals surface area (Å²) in [5.41, 5.74) is 3.11. The number of ether oxygens (including phenoxy) is 3. The first-order valence-electron chi connectivity index (χ1n) is 11.1. The fourth-order valence-electron chi connectivity index (χ4n) is 4.43. The van der Waals surface area contributed by atoms with Gasteiger partial charge < -0.3 is 29.0 Å². The maximum atomic E-state index is 12.8. The third-order valence-electron chi connectivity index (χ3n) is 6.21. The minimum Gasteiger partial charge on any atom is -0.454 e. The number of carbonyl (C=O) groups excluding carboxylic acids is 1. The van der Waals surface area contributed by atoms with E-state index in [1.54, 1.807) is 7.11 Å². The summed E-state index contributed by atoms with van der Waals surface area (Å²) in [5, 5.41) is 3.08. The van der Waals surface area contributed by atoms with Crippen LogP contribution < -0.4 is 19.7 Å². The second kappa shape index (κ2) is 9.08. The number of fused-ring (bicyclic) bond motifs is 2. The van der Waals surface area contributed by atoms with Crippen LogP contribution in [0.1, 0.15) is 18.4 Å². The number of imidazole rings is 1. The van der Waals surface area contributed by atoms with E-state index in [1.807, 2.05) is 36.4 Å². The number of methoxy groups -OCH3 is 1. The number of nitrogens with zero attached hydrogens (tertiary/aromatic N) is 3. The Labute approximate surface area is 187 Å². The van der Waals surface area contributed by atoms with Gasteiger partial charge in [-0.3, -0.25) is 4.79 Å². The molecule has 0 atom stereocenters. The number of nitrogens with one attached hydrogen (secondary N) is 1. The van der Waals surface area contributed by atoms with Crippen LogP contribution in [0.15, 0.2) is 42.5 Å². The van der Waals surface area contributed by atoms with Crippen LogP contribution in [-0.4, -0.2) is 49.1 Å². The number of rotatable bonds is 7. The lowest BCUT2D eigenvalue weighted by Crippen LogP contribution is -2.41. The molecule has 2 aliphatic heterocycles. The van der Waals surface area contributed by atoms with Crippen LogP contribution in [0.2, 0.25) is 0 Å². The van der Waals surface area contributed by atoms with E-state index >= 15 is 0 Å². The lowest BCUT2D eigenvalue weighted by Gasteiger charge is -2.32. The van der Waals surface area contributed by atoms with Gasteiger partial charge in [-0.25, -0.2) is 4.98 Å². The molecule has 0 spiro atoms. The molecule has 3 aromatic rings. The first-order valence-corrected chi connectivity index (χ1v) is 11.1. The average Bonchev–Trinajstić information content (AvgIpc) is 3.45. The monoisotopic (exact) mass is 436 g/mol. The highest BCUT2D eigenvalue weighted by molar-refractivity contribution is 5.80. The van der Waals surface area contributed by atoms with Crippen molar-refractivity contribution in [2.45, 2.75) is 25.9 Å². The number of para-hydroxylation sites is 2. The van der Waals surface area contributed by atoms with Crippen molar-refractivity contribution in [3.05, 3.63) is 48.0 Å². The molecule has 0 radical (unpaired) electrons. The van der Waals surface area contributed by atoms with Crippen molar-refractivity contribution in [3.8, 4) is 11.5 Å². The molecule has 8 heteroatoms. The van der Waals surface area contributed by atoms with Crippen LogP contribution in [0.5, 0.6) is 11.5 Å². The van der Waals surface area contributed by atoms with Gasteiger partial charge in [-0.05, 0) is 42.7 Å². The molecule has 1 fully saturated rings. The van der Waals surface area contributed by atoms with E-state index < -0.39 is 0 Å². The smallest absolute Gasteiger partial charge is 0.231 e. The standard InChI is InChI=1S/C24H28N4O4/c1-30-13-12-28-20-5-3-2-4-19(20)26-24(28)27-10-8-18(9-11-27)23(29)25-15-17-6-7-21-22(14-17)32-16-31-21/h2-7,14,18H,8-13,15-16H2,1H3,(H,25,29). The molecule has 32 heavy (non-hydrogen) atoms. The minimum atomic E-state index is 0.0112. The van der Waals surface area contributed by atoms with E-state index in [0.717, 1.165) is 66.5 Å². The Morgan fingerprint density at radius 2 is 1.97 bits per heavy atom. The van der Waals surface area contributed by atoms with Gasteiger partial charge in [0, 0.05) is 39.2 Å². The molecular formula is C24H28N4O4. The van der Waals surface area contributed by atoms with E-state index in [0.29, 0.717) is 13.2 Å². The minimum absolute atomic E-state index is 0.0112. The predicted octanol–water partition coefficient (Wildman–Crippen LogP) is 2.94. The van der Waals surface area contributed by atoms with Crippen molar-refractivity contribution >= 4 is 22.9 Å². The molecule has 1 amide bonds. The molecule has 0 unspecified atom stereocenters. The van der Waals surface area contributed by atoms with E-state index in [2.05, 4.69) is 20.9 Å². The largest absolute Gasteiger partial charge is 0.454 e. The Bertz CT molecular complexity index is 1100. The van der Waals surface area contributed by atoms with Gasteiger partial charge in [-0.15, -0.1) is 0 Å². The molecule has 1 aromatic heterocycles. The van der Waals surface area contributed by atoms with E-state index in [-0.39, 0.29) is 18.6 Å². The topological polar surface area (TPSA) is 77.9 Å². The molecule has 3 heterocycles. The van der Waals surface area contributed by atoms with Gasteiger partial charge >= 0.3 is 0 Å². The number of carbonyl (C=O) groups is 1. The highest BCUT2D eigenvalue weighted by Gasteiger charge is 2.27. The van der Waals surface area contributed by atoms with Gasteiger partial charge in [-0.2, -0.15) is 0 Å². The molecule has 1 saturated heterocycles. The number of hydrogen-bond acceptors (Lipinski definition) is 6. The third-order valence-corrected chi connectivity index (χ3v) is 6.21. The van der Waals surface area contributed by atoms with E-state index in [9.17, 15) is 4.79 Å². The second-order valence-electron chi connectivity index (χ2n) is 8.21. The van der Waals surface area contributed by atoms with Crippen LogP contribution in [0.4, 0.5) is 5.95 Å². The summed E-state index contributed by atoms with van der Waals surface area (Å²) in [7, 11) is 1.71. The van der Waals surface area contributed by atoms with E-state index in [4.69, 9.17) is 19.2 Å². The van der Waals surface area contributed by atoms with Gasteiger partial charge in [0.1, 0.15) is 0 Å². The molecule has 1 N–H and O–H groups in total. The van der Waals surface area contributed by atoms with Gasteiger partial charge in [-0.1, -0.05) is 18.2 Å². The quantitative estimate of drug-likeness (QED) is 0.614. The molecule has 8 nitrogen and oxygen atoms in total. The number of amides is 1. The molecule has 2 aromatic carbocycles. The Hall–Kier alpha value is -3.26. The van der Waals surface area contributed by atoms with Crippen LogP contribution in [-0.2, 0) is 22.6 Å². The molecule has 0 saturated carbocycles. The first-order chi connectivity index (χ1) is 15.7. The lowest BCUT2D eigenvalue weighted by molar-refractivity contribution is -0.125. The molecule has 5 rings (SSSR count). The van der Waals surface area contributed by atoms with E-state index in [1.165, 1.54) is 0 Å². The van der Waals surface area contributed by atoms with Crippen LogP contribution >= 0.6 is 0 Å². The number of piperidine rings is 1. The van der Waals surface area contributed by atoms with Crippen LogP contribution in [0.3, 0.4) is 0 Å². The average molecular weight is 437 g/mol. The number of aromatic nitrogens is 2. The van der Waals surface area contributed by atoms with Crippen molar-refractivity contribution < 1.29 is 19.0 Å². The maximum Gasteiger partial charge on any atom is 0.231 e. The zero-order valence-corrected chi connectivity index (χ0v) is 18.3. The number of hydrogen-bond donors (Lipinski definition) is 1.